The van der Waals surface area contributed by atoms with E-state index in [0.29, 0.717) is 17.8 Å². The predicted octanol–water partition coefficient (Wildman–Crippen LogP) is 4.06. The maximum absolute atomic E-state index is 13.0. The summed E-state index contributed by atoms with van der Waals surface area (Å²) in [5, 5.41) is 8.81. The van der Waals surface area contributed by atoms with Gasteiger partial charge in [0.25, 0.3) is 5.91 Å². The van der Waals surface area contributed by atoms with Crippen LogP contribution in [0.2, 0.25) is 0 Å². The van der Waals surface area contributed by atoms with Crippen molar-refractivity contribution in [3.8, 4) is 0 Å². The zero-order valence-electron chi connectivity index (χ0n) is 17.5. The monoisotopic (exact) mass is 406 g/mol. The van der Waals surface area contributed by atoms with Gasteiger partial charge in [-0.05, 0) is 55.0 Å². The van der Waals surface area contributed by atoms with Crippen molar-refractivity contribution in [2.45, 2.75) is 51.6 Å². The fourth-order valence-corrected chi connectivity index (χ4v) is 3.82. The lowest BCUT2D eigenvalue weighted by Crippen LogP contribution is -2.34. The summed E-state index contributed by atoms with van der Waals surface area (Å²) in [5.41, 5.74) is 4.84. The molecule has 158 valence electrons. The number of fused-ring (bicyclic) bond motifs is 1. The molecular weight excluding hydrogens is 376 g/mol. The molecule has 6 heteroatoms. The van der Waals surface area contributed by atoms with Crippen LogP contribution >= 0.6 is 0 Å². The minimum atomic E-state index is -0.239. The van der Waals surface area contributed by atoms with E-state index in [1.807, 2.05) is 12.1 Å². The number of nitrogens with one attached hydrogen (secondary N) is 3. The molecule has 2 aromatic rings. The van der Waals surface area contributed by atoms with E-state index in [9.17, 15) is 9.59 Å². The number of urea groups is 1. The van der Waals surface area contributed by atoms with Gasteiger partial charge in [-0.3, -0.25) is 4.79 Å². The molecule has 1 aliphatic heterocycles. The molecule has 0 radical (unpaired) electrons. The Morgan fingerprint density at radius 2 is 1.90 bits per heavy atom. The van der Waals surface area contributed by atoms with E-state index in [1.165, 1.54) is 11.1 Å². The Labute approximate surface area is 178 Å². The van der Waals surface area contributed by atoms with Crippen LogP contribution in [0, 0.1) is 0 Å². The number of carbonyl (C=O) groups excluding carboxylic acids is 2. The van der Waals surface area contributed by atoms with E-state index >= 15 is 0 Å². The highest BCUT2D eigenvalue weighted by Gasteiger charge is 2.27. The Morgan fingerprint density at radius 3 is 2.67 bits per heavy atom. The molecule has 4 rings (SSSR count). The highest BCUT2D eigenvalue weighted by molar-refractivity contribution is 6.02. The Balaban J connectivity index is 1.55. The number of amides is 3. The number of unbranched alkanes of at least 4 members (excludes halogenated alkanes) is 1. The smallest absolute Gasteiger partial charge is 0.319 e. The van der Waals surface area contributed by atoms with Crippen LogP contribution in [0.1, 0.15) is 54.1 Å². The number of rotatable bonds is 7. The first-order chi connectivity index (χ1) is 14.6. The Bertz CT molecular complexity index is 923. The molecule has 0 saturated heterocycles. The fourth-order valence-electron chi connectivity index (χ4n) is 3.82. The number of nitrogens with zero attached hydrogens (tertiary/aromatic N) is 1. The number of carbonyl (C=O) groups is 2. The van der Waals surface area contributed by atoms with Gasteiger partial charge >= 0.3 is 6.03 Å². The van der Waals surface area contributed by atoms with E-state index in [1.54, 1.807) is 6.07 Å². The molecule has 30 heavy (non-hydrogen) atoms. The van der Waals surface area contributed by atoms with Crippen LogP contribution in [-0.4, -0.2) is 31.1 Å². The Hall–Kier alpha value is -3.02. The van der Waals surface area contributed by atoms with Gasteiger partial charge in [-0.25, -0.2) is 4.79 Å². The zero-order valence-corrected chi connectivity index (χ0v) is 17.5. The van der Waals surface area contributed by atoms with Crippen LogP contribution < -0.4 is 20.9 Å². The number of benzene rings is 2. The number of hydrogen-bond acceptors (Lipinski definition) is 3. The van der Waals surface area contributed by atoms with Gasteiger partial charge in [0.15, 0.2) is 0 Å². The maximum Gasteiger partial charge on any atom is 0.319 e. The molecule has 1 saturated carbocycles. The largest absolute Gasteiger partial charge is 0.366 e. The molecule has 0 spiro atoms. The summed E-state index contributed by atoms with van der Waals surface area (Å²) < 4.78 is 0. The Morgan fingerprint density at radius 1 is 1.10 bits per heavy atom. The van der Waals surface area contributed by atoms with Crippen molar-refractivity contribution >= 4 is 23.3 Å². The second-order valence-corrected chi connectivity index (χ2v) is 8.15. The van der Waals surface area contributed by atoms with E-state index in [4.69, 9.17) is 0 Å². The highest BCUT2D eigenvalue weighted by Crippen LogP contribution is 2.30. The molecule has 0 aromatic heterocycles. The summed E-state index contributed by atoms with van der Waals surface area (Å²) in [6, 6.07) is 14.1. The van der Waals surface area contributed by atoms with Crippen molar-refractivity contribution in [2.75, 3.05) is 23.3 Å². The third-order valence-electron chi connectivity index (χ3n) is 5.70. The lowest BCUT2D eigenvalue weighted by Gasteiger charge is -2.32. The standard InChI is InChI=1S/C24H30N4O2/c1-2-3-13-25-24(30)27-20-10-11-22(21(15-20)23(29)26-19-8-9-19)28-14-12-17-6-4-5-7-18(17)16-28/h4-7,10-11,15,19H,2-3,8-9,12-14,16H2,1H3,(H,26,29)(H2,25,27,30). The molecule has 2 aliphatic rings. The molecule has 6 nitrogen and oxygen atoms in total. The van der Waals surface area contributed by atoms with Gasteiger partial charge in [0, 0.05) is 37.1 Å². The van der Waals surface area contributed by atoms with Crippen LogP contribution in [0.4, 0.5) is 16.2 Å². The summed E-state index contributed by atoms with van der Waals surface area (Å²) in [7, 11) is 0. The lowest BCUT2D eigenvalue weighted by atomic mass is 9.98. The molecule has 3 N–H and O–H groups in total. The van der Waals surface area contributed by atoms with Crippen molar-refractivity contribution in [3.63, 3.8) is 0 Å². The lowest BCUT2D eigenvalue weighted by molar-refractivity contribution is 0.0951. The van der Waals surface area contributed by atoms with Crippen LogP contribution in [0.15, 0.2) is 42.5 Å². The first-order valence-electron chi connectivity index (χ1n) is 11.0. The summed E-state index contributed by atoms with van der Waals surface area (Å²) in [4.78, 5) is 27.4. The van der Waals surface area contributed by atoms with Crippen LogP contribution in [0.25, 0.3) is 0 Å². The molecule has 0 atom stereocenters. The van der Waals surface area contributed by atoms with Crippen molar-refractivity contribution in [3.05, 3.63) is 59.2 Å². The van der Waals surface area contributed by atoms with Crippen molar-refractivity contribution in [1.29, 1.82) is 0 Å². The average molecular weight is 407 g/mol. The topological polar surface area (TPSA) is 73.5 Å². The van der Waals surface area contributed by atoms with Gasteiger partial charge in [-0.2, -0.15) is 0 Å². The summed E-state index contributed by atoms with van der Waals surface area (Å²) >= 11 is 0. The van der Waals surface area contributed by atoms with Crippen molar-refractivity contribution in [2.24, 2.45) is 0 Å². The summed E-state index contributed by atoms with van der Waals surface area (Å²) in [5.74, 6) is -0.0681. The van der Waals surface area contributed by atoms with E-state index in [2.05, 4.69) is 52.0 Å². The van der Waals surface area contributed by atoms with Crippen molar-refractivity contribution in [1.82, 2.24) is 10.6 Å². The van der Waals surface area contributed by atoms with Gasteiger partial charge in [0.05, 0.1) is 5.56 Å². The second-order valence-electron chi connectivity index (χ2n) is 8.15. The van der Waals surface area contributed by atoms with Gasteiger partial charge < -0.3 is 20.9 Å². The highest BCUT2D eigenvalue weighted by atomic mass is 16.2. The molecule has 1 heterocycles. The Kier molecular flexibility index (Phi) is 6.21. The first-order valence-corrected chi connectivity index (χ1v) is 11.0. The molecule has 1 aliphatic carbocycles. The minimum Gasteiger partial charge on any atom is -0.366 e. The quantitative estimate of drug-likeness (QED) is 0.607. The maximum atomic E-state index is 13.0. The third kappa shape index (κ3) is 4.93. The molecular formula is C24H30N4O2. The van der Waals surface area contributed by atoms with Crippen molar-refractivity contribution < 1.29 is 9.59 Å². The zero-order chi connectivity index (χ0) is 20.9. The van der Waals surface area contributed by atoms with Gasteiger partial charge in [-0.1, -0.05) is 37.6 Å². The molecule has 1 fully saturated rings. The van der Waals surface area contributed by atoms with Gasteiger partial charge in [-0.15, -0.1) is 0 Å². The van der Waals surface area contributed by atoms with E-state index < -0.39 is 0 Å². The van der Waals surface area contributed by atoms with Crippen LogP contribution in [-0.2, 0) is 13.0 Å². The predicted molar refractivity (Wildman–Crippen MR) is 120 cm³/mol. The first kappa shape index (κ1) is 20.3. The summed E-state index contributed by atoms with van der Waals surface area (Å²) in [6.45, 7) is 4.37. The van der Waals surface area contributed by atoms with Gasteiger partial charge in [0.2, 0.25) is 0 Å². The fraction of sp³-hybridized carbons (Fsp3) is 0.417. The molecule has 0 bridgehead atoms. The average Bonchev–Trinajstić information content (AvgIpc) is 3.57. The number of hydrogen-bond donors (Lipinski definition) is 3. The molecule has 3 amide bonds. The van der Waals surface area contributed by atoms with E-state index in [0.717, 1.165) is 50.9 Å². The van der Waals surface area contributed by atoms with Crippen LogP contribution in [0.5, 0.6) is 0 Å². The van der Waals surface area contributed by atoms with Gasteiger partial charge in [0.1, 0.15) is 0 Å². The second kappa shape index (κ2) is 9.20. The molecule has 2 aromatic carbocycles. The molecule has 0 unspecified atom stereocenters. The number of anilines is 2. The normalized spacial score (nSPS) is 15.3. The van der Waals surface area contributed by atoms with E-state index in [-0.39, 0.29) is 18.0 Å². The van der Waals surface area contributed by atoms with Crippen LogP contribution in [0.3, 0.4) is 0 Å². The summed E-state index contributed by atoms with van der Waals surface area (Å²) in [6.07, 6.45) is 5.00. The third-order valence-corrected chi connectivity index (χ3v) is 5.70. The minimum absolute atomic E-state index is 0.0681. The SMILES string of the molecule is CCCCNC(=O)Nc1ccc(N2CCc3ccccc3C2)c(C(=O)NC2CC2)c1.